The van der Waals surface area contributed by atoms with E-state index in [-0.39, 0.29) is 13.2 Å². The summed E-state index contributed by atoms with van der Waals surface area (Å²) >= 11 is 0. The number of terminal acetylenes is 1. The van der Waals surface area contributed by atoms with Crippen molar-refractivity contribution in [2.75, 3.05) is 27.4 Å². The number of hydrogen-bond acceptors (Lipinski definition) is 5. The van der Waals surface area contributed by atoms with E-state index in [1.807, 2.05) is 27.7 Å². The summed E-state index contributed by atoms with van der Waals surface area (Å²) in [7, 11) is 1.99. The van der Waals surface area contributed by atoms with Crippen molar-refractivity contribution in [2.45, 2.75) is 45.3 Å². The second-order valence-corrected chi connectivity index (χ2v) is 7.49. The predicted molar refractivity (Wildman–Crippen MR) is 108 cm³/mol. The molecule has 1 aromatic carbocycles. The molecule has 0 spiro atoms. The van der Waals surface area contributed by atoms with Gasteiger partial charge in [-0.15, -0.1) is 6.42 Å². The second kappa shape index (κ2) is 9.00. The summed E-state index contributed by atoms with van der Waals surface area (Å²) in [5.74, 6) is 3.47. The summed E-state index contributed by atoms with van der Waals surface area (Å²) in [6.07, 6.45) is 5.51. The lowest BCUT2D eigenvalue weighted by Crippen LogP contribution is -2.41. The van der Waals surface area contributed by atoms with E-state index in [1.54, 1.807) is 25.3 Å². The van der Waals surface area contributed by atoms with Gasteiger partial charge in [0.05, 0.1) is 32.0 Å². The van der Waals surface area contributed by atoms with Crippen molar-refractivity contribution in [2.24, 2.45) is 0 Å². The molecule has 0 atom stereocenters. The van der Waals surface area contributed by atoms with Gasteiger partial charge >= 0.3 is 7.12 Å². The third-order valence-corrected chi connectivity index (χ3v) is 5.16. The number of hydrogen-bond donors (Lipinski definition) is 0. The van der Waals surface area contributed by atoms with Crippen LogP contribution in [-0.4, -0.2) is 45.8 Å². The van der Waals surface area contributed by atoms with Crippen LogP contribution < -0.4 is 9.47 Å². The zero-order valence-electron chi connectivity index (χ0n) is 17.4. The van der Waals surface area contributed by atoms with E-state index < -0.39 is 24.0 Å². The molecule has 0 radical (unpaired) electrons. The van der Waals surface area contributed by atoms with Crippen molar-refractivity contribution in [3.8, 4) is 23.8 Å². The molecule has 1 saturated heterocycles. The van der Waals surface area contributed by atoms with E-state index in [9.17, 15) is 0 Å². The molecule has 2 rings (SSSR count). The van der Waals surface area contributed by atoms with Crippen molar-refractivity contribution in [3.05, 3.63) is 29.5 Å². The fourth-order valence-corrected chi connectivity index (χ4v) is 2.82. The van der Waals surface area contributed by atoms with Crippen LogP contribution in [0.5, 0.6) is 11.5 Å². The molecular formula is C21H28BFO5. The van der Waals surface area contributed by atoms with Crippen LogP contribution in [0.3, 0.4) is 0 Å². The van der Waals surface area contributed by atoms with Crippen molar-refractivity contribution in [1.82, 2.24) is 0 Å². The molecule has 28 heavy (non-hydrogen) atoms. The van der Waals surface area contributed by atoms with Gasteiger partial charge in [-0.3, -0.25) is 0 Å². The molecule has 152 valence electrons. The third-order valence-electron chi connectivity index (χ3n) is 5.16. The molecule has 0 unspecified atom stereocenters. The van der Waals surface area contributed by atoms with Crippen molar-refractivity contribution in [1.29, 1.82) is 0 Å². The standard InChI is InChI=1S/C21H28BFO5/c1-8-12-26-13-11-16(15-9-10-17(24-6)18(14-15)25-7)19(23)22-27-20(2,3)21(4,5)28-22/h1,9-10,14H,11-13H2,2-7H3. The Bertz CT molecular complexity index is 751. The fourth-order valence-electron chi connectivity index (χ4n) is 2.82. The van der Waals surface area contributed by atoms with Crippen LogP contribution in [0.15, 0.2) is 23.9 Å². The van der Waals surface area contributed by atoms with Gasteiger partial charge in [0.1, 0.15) is 12.3 Å². The molecule has 1 heterocycles. The van der Waals surface area contributed by atoms with E-state index in [4.69, 9.17) is 29.9 Å². The molecule has 1 aliphatic rings. The Morgan fingerprint density at radius 2 is 1.71 bits per heavy atom. The zero-order valence-corrected chi connectivity index (χ0v) is 17.4. The number of rotatable bonds is 8. The largest absolute Gasteiger partial charge is 0.525 e. The summed E-state index contributed by atoms with van der Waals surface area (Å²) in [4.78, 5) is 0. The molecule has 0 aromatic heterocycles. The minimum atomic E-state index is -1.10. The van der Waals surface area contributed by atoms with E-state index in [2.05, 4.69) is 5.92 Å². The highest BCUT2D eigenvalue weighted by atomic mass is 19.1. The highest BCUT2D eigenvalue weighted by Crippen LogP contribution is 2.41. The molecule has 0 amide bonds. The van der Waals surface area contributed by atoms with E-state index in [0.717, 1.165) is 0 Å². The lowest BCUT2D eigenvalue weighted by Gasteiger charge is -2.32. The molecule has 1 aromatic rings. The maximum atomic E-state index is 15.5. The molecule has 5 nitrogen and oxygen atoms in total. The van der Waals surface area contributed by atoms with E-state index in [1.165, 1.54) is 7.11 Å². The van der Waals surface area contributed by atoms with Gasteiger partial charge in [0, 0.05) is 0 Å². The SMILES string of the molecule is C#CCOCCC(=C(F)B1OC(C)(C)C(C)(C)O1)c1ccc(OC)c(OC)c1. The number of ether oxygens (including phenoxy) is 3. The van der Waals surface area contributed by atoms with Gasteiger partial charge in [0.2, 0.25) is 0 Å². The lowest BCUT2D eigenvalue weighted by molar-refractivity contribution is 0.00578. The summed E-state index contributed by atoms with van der Waals surface area (Å²) < 4.78 is 43.3. The molecule has 0 saturated carbocycles. The Balaban J connectivity index is 2.41. The lowest BCUT2D eigenvalue weighted by atomic mass is 9.81. The van der Waals surface area contributed by atoms with Gasteiger partial charge in [-0.05, 0) is 57.4 Å². The maximum Gasteiger partial charge on any atom is 0.525 e. The Kier molecular flexibility index (Phi) is 7.16. The summed E-state index contributed by atoms with van der Waals surface area (Å²) in [6.45, 7) is 7.95. The number of methoxy groups -OCH3 is 2. The molecular weight excluding hydrogens is 362 g/mol. The minimum Gasteiger partial charge on any atom is -0.493 e. The monoisotopic (exact) mass is 390 g/mol. The molecule has 0 aliphatic carbocycles. The average molecular weight is 390 g/mol. The Labute approximate surface area is 167 Å². The summed E-state index contributed by atoms with van der Waals surface area (Å²) in [5.41, 5.74) is -0.726. The highest BCUT2D eigenvalue weighted by molar-refractivity contribution is 6.55. The molecule has 0 N–H and O–H groups in total. The number of halogens is 1. The van der Waals surface area contributed by atoms with Crippen LogP contribution >= 0.6 is 0 Å². The van der Waals surface area contributed by atoms with Crippen LogP contribution in [-0.2, 0) is 14.0 Å². The normalized spacial score (nSPS) is 18.4. The average Bonchev–Trinajstić information content (AvgIpc) is 2.88. The van der Waals surface area contributed by atoms with Gasteiger partial charge in [0.15, 0.2) is 11.5 Å². The van der Waals surface area contributed by atoms with Gasteiger partial charge in [-0.1, -0.05) is 12.0 Å². The Morgan fingerprint density at radius 3 is 2.25 bits per heavy atom. The van der Waals surface area contributed by atoms with Crippen molar-refractivity contribution < 1.29 is 27.9 Å². The van der Waals surface area contributed by atoms with Gasteiger partial charge < -0.3 is 23.5 Å². The number of benzene rings is 1. The topological polar surface area (TPSA) is 46.2 Å². The predicted octanol–water partition coefficient (Wildman–Crippen LogP) is 4.06. The summed E-state index contributed by atoms with van der Waals surface area (Å²) in [5, 5.41) is 0. The minimum absolute atomic E-state index is 0.164. The van der Waals surface area contributed by atoms with Gasteiger partial charge in [-0.25, -0.2) is 4.39 Å². The Morgan fingerprint density at radius 1 is 1.11 bits per heavy atom. The van der Waals surface area contributed by atoms with Crippen LogP contribution in [0.1, 0.15) is 39.7 Å². The quantitative estimate of drug-likeness (QED) is 0.381. The van der Waals surface area contributed by atoms with Gasteiger partial charge in [0.25, 0.3) is 0 Å². The van der Waals surface area contributed by atoms with Crippen LogP contribution in [0, 0.1) is 12.3 Å². The molecule has 0 bridgehead atoms. The zero-order chi connectivity index (χ0) is 20.9. The van der Waals surface area contributed by atoms with Crippen LogP contribution in [0.4, 0.5) is 4.39 Å². The first-order chi connectivity index (χ1) is 13.2. The van der Waals surface area contributed by atoms with E-state index in [0.29, 0.717) is 29.1 Å². The highest BCUT2D eigenvalue weighted by Gasteiger charge is 2.53. The molecule has 1 aliphatic heterocycles. The first kappa shape index (κ1) is 22.3. The molecule has 1 fully saturated rings. The smallest absolute Gasteiger partial charge is 0.493 e. The summed E-state index contributed by atoms with van der Waals surface area (Å²) in [6, 6.07) is 5.22. The third kappa shape index (κ3) is 4.69. The van der Waals surface area contributed by atoms with E-state index >= 15 is 4.39 Å². The van der Waals surface area contributed by atoms with Crippen molar-refractivity contribution in [3.63, 3.8) is 0 Å². The Hall–Kier alpha value is -2.01. The fraction of sp³-hybridized carbons (Fsp3) is 0.524. The van der Waals surface area contributed by atoms with Crippen molar-refractivity contribution >= 4 is 12.7 Å². The van der Waals surface area contributed by atoms with Crippen LogP contribution in [0.2, 0.25) is 0 Å². The first-order valence-corrected chi connectivity index (χ1v) is 9.14. The second-order valence-electron chi connectivity index (χ2n) is 7.49. The maximum absolute atomic E-state index is 15.5. The van der Waals surface area contributed by atoms with Gasteiger partial charge in [-0.2, -0.15) is 0 Å². The first-order valence-electron chi connectivity index (χ1n) is 9.14. The van der Waals surface area contributed by atoms with Crippen LogP contribution in [0.25, 0.3) is 5.57 Å². The molecule has 7 heteroatoms.